The number of aromatic nitrogens is 2. The second kappa shape index (κ2) is 4.05. The number of imidazole rings is 1. The van der Waals surface area contributed by atoms with E-state index in [-0.39, 0.29) is 0 Å². The Balaban J connectivity index is 2.18. The topological polar surface area (TPSA) is 17.8 Å². The Labute approximate surface area is 91.2 Å². The SMILES string of the molecule is Cn1c(C2CCSCC2)cnc1Br. The van der Waals surface area contributed by atoms with Gasteiger partial charge in [-0.15, -0.1) is 0 Å². The molecule has 1 aromatic rings. The largest absolute Gasteiger partial charge is 0.326 e. The van der Waals surface area contributed by atoms with Crippen LogP contribution in [0, 0.1) is 0 Å². The van der Waals surface area contributed by atoms with Crippen molar-refractivity contribution in [3.63, 3.8) is 0 Å². The third-order valence-corrected chi connectivity index (χ3v) is 4.39. The fraction of sp³-hybridized carbons (Fsp3) is 0.667. The molecule has 0 saturated carbocycles. The van der Waals surface area contributed by atoms with E-state index in [4.69, 9.17) is 0 Å². The van der Waals surface area contributed by atoms with Crippen LogP contribution < -0.4 is 0 Å². The molecule has 0 radical (unpaired) electrons. The third kappa shape index (κ3) is 1.94. The quantitative estimate of drug-likeness (QED) is 0.773. The molecule has 1 aliphatic heterocycles. The normalized spacial score (nSPS) is 19.2. The summed E-state index contributed by atoms with van der Waals surface area (Å²) in [6.45, 7) is 0. The van der Waals surface area contributed by atoms with E-state index in [1.54, 1.807) is 0 Å². The molecular formula is C9H13BrN2S. The van der Waals surface area contributed by atoms with Crippen LogP contribution in [0.2, 0.25) is 0 Å². The number of nitrogens with zero attached hydrogens (tertiary/aromatic N) is 2. The maximum absolute atomic E-state index is 4.26. The molecule has 0 amide bonds. The highest BCUT2D eigenvalue weighted by molar-refractivity contribution is 9.10. The van der Waals surface area contributed by atoms with Crippen LogP contribution in [0.25, 0.3) is 0 Å². The summed E-state index contributed by atoms with van der Waals surface area (Å²) in [5.41, 5.74) is 1.38. The molecule has 0 aromatic carbocycles. The van der Waals surface area contributed by atoms with Crippen LogP contribution in [0.5, 0.6) is 0 Å². The molecule has 1 aromatic heterocycles. The lowest BCUT2D eigenvalue weighted by Crippen LogP contribution is -2.11. The van der Waals surface area contributed by atoms with Crippen LogP contribution in [-0.2, 0) is 7.05 Å². The zero-order chi connectivity index (χ0) is 9.26. The molecule has 0 spiro atoms. The van der Waals surface area contributed by atoms with Gasteiger partial charge in [0, 0.05) is 24.9 Å². The van der Waals surface area contributed by atoms with E-state index in [1.165, 1.54) is 30.0 Å². The van der Waals surface area contributed by atoms with Gasteiger partial charge >= 0.3 is 0 Å². The minimum Gasteiger partial charge on any atom is -0.326 e. The summed E-state index contributed by atoms with van der Waals surface area (Å²) in [6, 6.07) is 0. The summed E-state index contributed by atoms with van der Waals surface area (Å²) in [7, 11) is 2.08. The summed E-state index contributed by atoms with van der Waals surface area (Å²) in [6.07, 6.45) is 4.61. The summed E-state index contributed by atoms with van der Waals surface area (Å²) < 4.78 is 3.10. The van der Waals surface area contributed by atoms with Crippen LogP contribution in [0.4, 0.5) is 0 Å². The standard InChI is InChI=1S/C9H13BrN2S/c1-12-8(6-11-9(12)10)7-2-4-13-5-3-7/h6-7H,2-5H2,1H3. The second-order valence-corrected chi connectivity index (χ2v) is 5.33. The minimum absolute atomic E-state index is 0.727. The molecule has 0 N–H and O–H groups in total. The monoisotopic (exact) mass is 260 g/mol. The van der Waals surface area contributed by atoms with Crippen LogP contribution in [0.15, 0.2) is 10.9 Å². The molecule has 1 fully saturated rings. The average Bonchev–Trinajstić information content (AvgIpc) is 2.49. The third-order valence-electron chi connectivity index (χ3n) is 2.61. The number of hydrogen-bond acceptors (Lipinski definition) is 2. The van der Waals surface area contributed by atoms with Crippen LogP contribution >= 0.6 is 27.7 Å². The predicted octanol–water partition coefficient (Wildman–Crippen LogP) is 2.79. The first-order chi connectivity index (χ1) is 6.29. The van der Waals surface area contributed by atoms with Crippen molar-refractivity contribution in [1.29, 1.82) is 0 Å². The molecule has 2 nitrogen and oxygen atoms in total. The van der Waals surface area contributed by atoms with Gasteiger partial charge in [-0.1, -0.05) is 0 Å². The van der Waals surface area contributed by atoms with Gasteiger partial charge < -0.3 is 4.57 Å². The van der Waals surface area contributed by atoms with Gasteiger partial charge in [-0.3, -0.25) is 0 Å². The molecule has 4 heteroatoms. The highest BCUT2D eigenvalue weighted by Gasteiger charge is 2.19. The van der Waals surface area contributed by atoms with E-state index >= 15 is 0 Å². The van der Waals surface area contributed by atoms with Gasteiger partial charge in [-0.05, 0) is 40.3 Å². The smallest absolute Gasteiger partial charge is 0.177 e. The summed E-state index contributed by atoms with van der Waals surface area (Å²) in [4.78, 5) is 4.26. The Morgan fingerprint density at radius 2 is 2.23 bits per heavy atom. The Morgan fingerprint density at radius 3 is 2.77 bits per heavy atom. The fourth-order valence-corrected chi connectivity index (χ4v) is 3.19. The van der Waals surface area contributed by atoms with Gasteiger partial charge in [-0.2, -0.15) is 11.8 Å². The van der Waals surface area contributed by atoms with E-state index in [9.17, 15) is 0 Å². The molecular weight excluding hydrogens is 248 g/mol. The van der Waals surface area contributed by atoms with Gasteiger partial charge in [-0.25, -0.2) is 4.98 Å². The first-order valence-electron chi connectivity index (χ1n) is 4.54. The lowest BCUT2D eigenvalue weighted by molar-refractivity contribution is 0.591. The Kier molecular flexibility index (Phi) is 2.99. The second-order valence-electron chi connectivity index (χ2n) is 3.40. The number of rotatable bonds is 1. The number of halogens is 1. The van der Waals surface area contributed by atoms with Crippen LogP contribution in [0.3, 0.4) is 0 Å². The molecule has 13 heavy (non-hydrogen) atoms. The average molecular weight is 261 g/mol. The van der Waals surface area contributed by atoms with Crippen molar-refractivity contribution in [1.82, 2.24) is 9.55 Å². The maximum atomic E-state index is 4.26. The highest BCUT2D eigenvalue weighted by Crippen LogP contribution is 2.32. The van der Waals surface area contributed by atoms with Gasteiger partial charge in [0.05, 0.1) is 0 Å². The van der Waals surface area contributed by atoms with Gasteiger partial charge in [0.2, 0.25) is 0 Å². The van der Waals surface area contributed by atoms with Crippen molar-refractivity contribution >= 4 is 27.7 Å². The molecule has 0 unspecified atom stereocenters. The van der Waals surface area contributed by atoms with Crippen molar-refractivity contribution < 1.29 is 0 Å². The van der Waals surface area contributed by atoms with E-state index in [0.29, 0.717) is 0 Å². The molecule has 0 aliphatic carbocycles. The van der Waals surface area contributed by atoms with Crippen molar-refractivity contribution in [2.75, 3.05) is 11.5 Å². The van der Waals surface area contributed by atoms with Gasteiger partial charge in [0.15, 0.2) is 4.73 Å². The highest BCUT2D eigenvalue weighted by atomic mass is 79.9. The van der Waals surface area contributed by atoms with Crippen molar-refractivity contribution in [2.24, 2.45) is 7.05 Å². The molecule has 0 bridgehead atoms. The van der Waals surface area contributed by atoms with Gasteiger partial charge in [0.1, 0.15) is 0 Å². The van der Waals surface area contributed by atoms with Crippen LogP contribution in [0.1, 0.15) is 24.5 Å². The molecule has 0 atom stereocenters. The van der Waals surface area contributed by atoms with E-state index < -0.39 is 0 Å². The first kappa shape index (κ1) is 9.59. The van der Waals surface area contributed by atoms with Gasteiger partial charge in [0.25, 0.3) is 0 Å². The minimum atomic E-state index is 0.727. The fourth-order valence-electron chi connectivity index (χ4n) is 1.77. The zero-order valence-electron chi connectivity index (χ0n) is 7.66. The maximum Gasteiger partial charge on any atom is 0.177 e. The molecule has 2 rings (SSSR count). The predicted molar refractivity (Wildman–Crippen MR) is 60.2 cm³/mol. The lowest BCUT2D eigenvalue weighted by Gasteiger charge is -2.21. The van der Waals surface area contributed by atoms with E-state index in [1.807, 2.05) is 6.20 Å². The number of thioether (sulfide) groups is 1. The molecule has 2 heterocycles. The molecule has 1 aliphatic rings. The van der Waals surface area contributed by atoms with Crippen LogP contribution in [-0.4, -0.2) is 21.1 Å². The van der Waals surface area contributed by atoms with Crippen molar-refractivity contribution in [3.05, 3.63) is 16.6 Å². The Morgan fingerprint density at radius 1 is 1.54 bits per heavy atom. The summed E-state index contributed by atoms with van der Waals surface area (Å²) in [5, 5.41) is 0. The van der Waals surface area contributed by atoms with E-state index in [0.717, 1.165) is 10.7 Å². The zero-order valence-corrected chi connectivity index (χ0v) is 10.1. The molecule has 1 saturated heterocycles. The summed E-state index contributed by atoms with van der Waals surface area (Å²) in [5.74, 6) is 3.33. The lowest BCUT2D eigenvalue weighted by atomic mass is 9.99. The van der Waals surface area contributed by atoms with Crippen molar-refractivity contribution in [3.8, 4) is 0 Å². The van der Waals surface area contributed by atoms with E-state index in [2.05, 4.69) is 44.3 Å². The van der Waals surface area contributed by atoms with Crippen molar-refractivity contribution in [2.45, 2.75) is 18.8 Å². The number of hydrogen-bond donors (Lipinski definition) is 0. The first-order valence-corrected chi connectivity index (χ1v) is 6.48. The summed E-state index contributed by atoms with van der Waals surface area (Å²) >= 11 is 5.49. The Bertz CT molecular complexity index is 292. The Hall–Kier alpha value is 0.0400. The molecule has 72 valence electrons.